The van der Waals surface area contributed by atoms with Crippen molar-refractivity contribution in [2.24, 2.45) is 0 Å². The van der Waals surface area contributed by atoms with Gasteiger partial charge in [-0.1, -0.05) is 159 Å². The lowest BCUT2D eigenvalue weighted by Crippen LogP contribution is -2.54. The van der Waals surface area contributed by atoms with Crippen molar-refractivity contribution < 1.29 is 51.1 Å². The molecule has 1 N–H and O–H groups in total. The summed E-state index contributed by atoms with van der Waals surface area (Å²) in [6.07, 6.45) is 6.27. The van der Waals surface area contributed by atoms with Crippen molar-refractivity contribution in [1.82, 2.24) is 0 Å². The predicted molar refractivity (Wildman–Crippen MR) is 339 cm³/mol. The number of carbonyl (C=O) groups excluding carboxylic acids is 4. The summed E-state index contributed by atoms with van der Waals surface area (Å²) < 4.78 is 59.9. The van der Waals surface area contributed by atoms with Gasteiger partial charge < -0.3 is 18.9 Å². The Bertz CT molecular complexity index is 3760. The Morgan fingerprint density at radius 2 is 0.663 bits per heavy atom. The van der Waals surface area contributed by atoms with E-state index in [0.717, 1.165) is 44.1 Å². The van der Waals surface area contributed by atoms with Crippen molar-refractivity contribution >= 4 is 33.3 Å². The second-order valence-corrected chi connectivity index (χ2v) is 23.9. The van der Waals surface area contributed by atoms with E-state index >= 15 is 0 Å². The summed E-state index contributed by atoms with van der Waals surface area (Å²) in [5.74, 6) is 1.67. The third-order valence-corrected chi connectivity index (χ3v) is 18.9. The predicted octanol–water partition coefficient (Wildman–Crippen LogP) is 18.2. The molecule has 0 radical (unpaired) electrons. The van der Waals surface area contributed by atoms with Gasteiger partial charge in [-0.05, 0) is 160 Å². The van der Waals surface area contributed by atoms with Crippen LogP contribution in [0.25, 0.3) is 0 Å². The molecule has 86 heavy (non-hydrogen) atoms. The van der Waals surface area contributed by atoms with E-state index in [0.29, 0.717) is 80.3 Å². The first-order valence-electron chi connectivity index (χ1n) is 29.9. The number of ether oxygens (including phenoxy) is 4. The number of rotatable bonds is 28. The van der Waals surface area contributed by atoms with E-state index in [9.17, 15) is 32.1 Å². The van der Waals surface area contributed by atoms with Gasteiger partial charge in [-0.2, -0.15) is 8.42 Å². The first kappa shape index (κ1) is 63.6. The van der Waals surface area contributed by atoms with E-state index in [1.165, 1.54) is 17.7 Å². The van der Waals surface area contributed by atoms with Crippen molar-refractivity contribution in [3.63, 3.8) is 0 Å². The molecule has 0 saturated carbocycles. The lowest BCUT2D eigenvalue weighted by Gasteiger charge is -2.50. The highest BCUT2D eigenvalue weighted by atomic mass is 32.2. The minimum Gasteiger partial charge on any atom is -0.486 e. The first-order chi connectivity index (χ1) is 41.1. The Balaban J connectivity index is 0.875. The first-order valence-corrected chi connectivity index (χ1v) is 31.3. The van der Waals surface area contributed by atoms with E-state index in [1.807, 2.05) is 93.6 Å². The maximum Gasteiger partial charge on any atom is 0.298 e. The van der Waals surface area contributed by atoms with Crippen LogP contribution in [0.2, 0.25) is 0 Å². The molecular formula is C74H78O11S. The van der Waals surface area contributed by atoms with Crippen LogP contribution < -0.4 is 18.9 Å². The Morgan fingerprint density at radius 1 is 0.360 bits per heavy atom. The Kier molecular flexibility index (Phi) is 19.9. The maximum absolute atomic E-state index is 13.9. The molecule has 0 atom stereocenters. The summed E-state index contributed by atoms with van der Waals surface area (Å²) in [7, 11) is -4.64. The SMILES string of the molecule is CCC(C)(CC)Oc1ccc(Oc2ccc(C(=O)c3ccc(C(=O)c4ccc(C(CC)(CC)C(CC)(CC)Oc5ccc(Oc6ccc(C(=O)c7ccc(C(=O)c8ccc(C(C)(CC)CC)cc8)cc7)cc6)cc5)cc4)cc3)cc2)cc1S(=O)(=O)O. The van der Waals surface area contributed by atoms with Crippen LogP contribution >= 0.6 is 0 Å². The topological polar surface area (TPSA) is 160 Å². The minimum absolute atomic E-state index is 0.0212. The monoisotopic (exact) mass is 1170 g/mol. The van der Waals surface area contributed by atoms with Gasteiger partial charge in [-0.15, -0.1) is 0 Å². The molecule has 0 unspecified atom stereocenters. The molecule has 11 nitrogen and oxygen atoms in total. The van der Waals surface area contributed by atoms with Gasteiger partial charge in [0.25, 0.3) is 10.1 Å². The molecule has 12 heteroatoms. The average Bonchev–Trinajstić information content (AvgIpc) is 1.68. The summed E-state index contributed by atoms with van der Waals surface area (Å²) in [6.45, 7) is 21.0. The highest BCUT2D eigenvalue weighted by molar-refractivity contribution is 7.86. The van der Waals surface area contributed by atoms with Gasteiger partial charge in [-0.3, -0.25) is 23.7 Å². The van der Waals surface area contributed by atoms with Gasteiger partial charge in [0, 0.05) is 56.0 Å². The second-order valence-electron chi connectivity index (χ2n) is 22.6. The molecule has 0 aliphatic carbocycles. The molecule has 0 fully saturated rings. The maximum atomic E-state index is 13.9. The summed E-state index contributed by atoms with van der Waals surface area (Å²) in [5.41, 5.74) is 4.50. The number of carbonyl (C=O) groups is 4. The van der Waals surface area contributed by atoms with Crippen LogP contribution in [-0.4, -0.2) is 47.3 Å². The fourth-order valence-electron chi connectivity index (χ4n) is 11.5. The van der Waals surface area contributed by atoms with Gasteiger partial charge in [0.05, 0.1) is 0 Å². The normalized spacial score (nSPS) is 12.1. The molecule has 0 spiro atoms. The van der Waals surface area contributed by atoms with Crippen LogP contribution in [-0.2, 0) is 20.9 Å². The molecule has 8 aromatic rings. The smallest absolute Gasteiger partial charge is 0.298 e. The van der Waals surface area contributed by atoms with E-state index in [-0.39, 0.29) is 40.0 Å². The van der Waals surface area contributed by atoms with Crippen molar-refractivity contribution in [1.29, 1.82) is 0 Å². The van der Waals surface area contributed by atoms with Crippen molar-refractivity contribution in [2.75, 3.05) is 0 Å². The second kappa shape index (κ2) is 26.9. The van der Waals surface area contributed by atoms with Crippen LogP contribution in [0.3, 0.4) is 0 Å². The standard InChI is InChI=1S/C74H78O11S/c1-11-71(9,12-2)58-35-27-54(28-36-58)67(75)50-19-23-52(24-20-50)69(77)56-31-39-60(40-32-56)82-62-43-45-63(46-44-62)84-74(17-7,18-8)73(15-5,16-6)59-37-29-55(30-38-59)68(76)51-21-25-53(26-22-51)70(78)57-33-41-61(42-34-57)83-64-47-48-65(66(49-64)86(79,80)81)85-72(10,13-3)14-4/h19-49H,11-18H2,1-10H3,(H,79,80,81). The van der Waals surface area contributed by atoms with E-state index in [1.54, 1.807) is 103 Å². The molecule has 0 aromatic heterocycles. The summed E-state index contributed by atoms with van der Waals surface area (Å²) in [4.78, 5) is 54.0. The number of hydrogen-bond donors (Lipinski definition) is 1. The Hall–Kier alpha value is -8.45. The molecule has 8 rings (SSSR count). The molecule has 0 saturated heterocycles. The fourth-order valence-corrected chi connectivity index (χ4v) is 12.1. The number of hydrogen-bond acceptors (Lipinski definition) is 10. The molecule has 446 valence electrons. The van der Waals surface area contributed by atoms with Crippen molar-refractivity contribution in [2.45, 2.75) is 148 Å². The van der Waals surface area contributed by atoms with E-state index < -0.39 is 31.6 Å². The largest absolute Gasteiger partial charge is 0.486 e. The zero-order valence-corrected chi connectivity index (χ0v) is 51.8. The highest BCUT2D eigenvalue weighted by Gasteiger charge is 2.50. The van der Waals surface area contributed by atoms with Gasteiger partial charge in [0.2, 0.25) is 0 Å². The zero-order chi connectivity index (χ0) is 62.0. The van der Waals surface area contributed by atoms with Gasteiger partial charge in [-0.25, -0.2) is 0 Å². The molecule has 0 aliphatic heterocycles. The van der Waals surface area contributed by atoms with Gasteiger partial charge in [0.1, 0.15) is 50.6 Å². The van der Waals surface area contributed by atoms with Crippen LogP contribution in [0.1, 0.15) is 195 Å². The average molecular weight is 1180 g/mol. The van der Waals surface area contributed by atoms with Gasteiger partial charge in [0.15, 0.2) is 23.1 Å². The molecule has 0 bridgehead atoms. The molecule has 8 aromatic carbocycles. The molecular weight excluding hydrogens is 1100 g/mol. The van der Waals surface area contributed by atoms with Crippen LogP contribution in [0, 0.1) is 0 Å². The lowest BCUT2D eigenvalue weighted by molar-refractivity contribution is -0.0283. The Labute approximate surface area is 507 Å². The third-order valence-electron chi connectivity index (χ3n) is 18.0. The highest BCUT2D eigenvalue weighted by Crippen LogP contribution is 2.49. The third kappa shape index (κ3) is 13.6. The van der Waals surface area contributed by atoms with Gasteiger partial charge >= 0.3 is 0 Å². The quantitative estimate of drug-likeness (QED) is 0.0367. The lowest BCUT2D eigenvalue weighted by atomic mass is 9.61. The van der Waals surface area contributed by atoms with E-state index in [2.05, 4.69) is 48.5 Å². The summed E-state index contributed by atoms with van der Waals surface area (Å²) in [6, 6.07) is 54.2. The number of benzene rings is 8. The van der Waals surface area contributed by atoms with Crippen LogP contribution in [0.5, 0.6) is 34.5 Å². The Morgan fingerprint density at radius 3 is 0.988 bits per heavy atom. The van der Waals surface area contributed by atoms with Crippen molar-refractivity contribution in [3.8, 4) is 34.5 Å². The molecule has 0 amide bonds. The minimum atomic E-state index is -4.64. The van der Waals surface area contributed by atoms with Crippen molar-refractivity contribution in [3.05, 3.63) is 244 Å². The number of ketones is 4. The fraction of sp³-hybridized carbons (Fsp3) is 0.297. The van der Waals surface area contributed by atoms with E-state index in [4.69, 9.17) is 18.9 Å². The van der Waals surface area contributed by atoms with Crippen LogP contribution in [0.4, 0.5) is 0 Å². The zero-order valence-electron chi connectivity index (χ0n) is 51.0. The molecule has 0 aliphatic rings. The van der Waals surface area contributed by atoms with Crippen LogP contribution in [0.15, 0.2) is 193 Å². The summed E-state index contributed by atoms with van der Waals surface area (Å²) >= 11 is 0. The molecule has 0 heterocycles. The summed E-state index contributed by atoms with van der Waals surface area (Å²) in [5, 5.41) is 0.